The van der Waals surface area contributed by atoms with Crippen LogP contribution in [0.15, 0.2) is 59.3 Å². The molecule has 3 heterocycles. The van der Waals surface area contributed by atoms with E-state index in [1.807, 2.05) is 24.3 Å². The zero-order valence-corrected chi connectivity index (χ0v) is 21.3. The third-order valence-corrected chi connectivity index (χ3v) is 7.31. The molecule has 2 aromatic carbocycles. The molecule has 1 aliphatic heterocycles. The molecule has 1 atom stereocenters. The smallest absolute Gasteiger partial charge is 0.273 e. The minimum Gasteiger partial charge on any atom is -0.447 e. The lowest BCUT2D eigenvalue weighted by Crippen LogP contribution is -2.32. The molecule has 0 radical (unpaired) electrons. The summed E-state index contributed by atoms with van der Waals surface area (Å²) < 4.78 is 11.2. The Morgan fingerprint density at radius 2 is 2.03 bits per heavy atom. The number of ether oxygens (including phenoxy) is 1. The number of oxazole rings is 1. The van der Waals surface area contributed by atoms with Gasteiger partial charge in [0, 0.05) is 43.3 Å². The number of hydrogen-bond donors (Lipinski definition) is 2. The Balaban J connectivity index is 1.28. The average molecular weight is 527 g/mol. The molecule has 1 fully saturated rings. The quantitative estimate of drug-likeness (QED) is 0.280. The highest BCUT2D eigenvalue weighted by Crippen LogP contribution is 2.27. The Morgan fingerprint density at radius 3 is 2.89 bits per heavy atom. The summed E-state index contributed by atoms with van der Waals surface area (Å²) in [6.45, 7) is 2.94. The first-order valence-electron chi connectivity index (χ1n) is 12.1. The van der Waals surface area contributed by atoms with Crippen molar-refractivity contribution < 1.29 is 13.9 Å². The van der Waals surface area contributed by atoms with Gasteiger partial charge in [-0.15, -0.1) is 0 Å². The van der Waals surface area contributed by atoms with Crippen LogP contribution in [-0.4, -0.2) is 46.6 Å². The second-order valence-corrected chi connectivity index (χ2v) is 9.79. The summed E-state index contributed by atoms with van der Waals surface area (Å²) in [6.07, 6.45) is 6.34. The third kappa shape index (κ3) is 5.93. The fourth-order valence-electron chi connectivity index (χ4n) is 4.52. The molecule has 1 saturated heterocycles. The van der Waals surface area contributed by atoms with Gasteiger partial charge in [-0.1, -0.05) is 53.5 Å². The molecule has 2 aromatic heterocycles. The predicted molar refractivity (Wildman–Crippen MR) is 140 cm³/mol. The number of nitrogens with zero attached hydrogens (tertiary/aromatic N) is 2. The number of benzene rings is 2. The van der Waals surface area contributed by atoms with Gasteiger partial charge in [0.25, 0.3) is 5.91 Å². The van der Waals surface area contributed by atoms with E-state index in [0.29, 0.717) is 35.6 Å². The van der Waals surface area contributed by atoms with E-state index in [2.05, 4.69) is 38.5 Å². The Morgan fingerprint density at radius 1 is 1.14 bits per heavy atom. The maximum atomic E-state index is 12.5. The standard InChI is InChI=1S/C27H28Cl2N4O3/c28-22-8-3-5-19(26(22)29)15-33(11-10-18-13-30-23-9-2-1-7-21(18)23)16-25-32-24(17-36-25)27(34)31-14-20-6-4-12-35-20/h1-3,5,7-9,13,17,20,30H,4,6,10-12,14-16H2,(H,31,34). The minimum atomic E-state index is -0.260. The second-order valence-electron chi connectivity index (χ2n) is 9.00. The molecular formula is C27H28Cl2N4O3. The Kier molecular flexibility index (Phi) is 7.92. The zero-order valence-electron chi connectivity index (χ0n) is 19.8. The van der Waals surface area contributed by atoms with Gasteiger partial charge in [0.2, 0.25) is 5.89 Å². The number of H-pyrrole nitrogens is 1. The summed E-state index contributed by atoms with van der Waals surface area (Å²) in [5.74, 6) is 0.207. The molecule has 1 unspecified atom stereocenters. The van der Waals surface area contributed by atoms with Crippen molar-refractivity contribution in [3.63, 3.8) is 0 Å². The molecule has 4 aromatic rings. The van der Waals surface area contributed by atoms with Gasteiger partial charge in [-0.2, -0.15) is 0 Å². The number of hydrogen-bond acceptors (Lipinski definition) is 5. The first-order chi connectivity index (χ1) is 17.6. The van der Waals surface area contributed by atoms with Crippen LogP contribution < -0.4 is 5.32 Å². The minimum absolute atomic E-state index is 0.0720. The highest BCUT2D eigenvalue weighted by Gasteiger charge is 2.20. The summed E-state index contributed by atoms with van der Waals surface area (Å²) >= 11 is 12.7. The number of fused-ring (bicyclic) bond motifs is 1. The van der Waals surface area contributed by atoms with Crippen molar-refractivity contribution >= 4 is 40.0 Å². The predicted octanol–water partition coefficient (Wildman–Crippen LogP) is 5.62. The van der Waals surface area contributed by atoms with Gasteiger partial charge < -0.3 is 19.5 Å². The normalized spacial score (nSPS) is 15.7. The van der Waals surface area contributed by atoms with Crippen molar-refractivity contribution in [1.82, 2.24) is 20.2 Å². The van der Waals surface area contributed by atoms with Gasteiger partial charge in [-0.3, -0.25) is 9.69 Å². The van der Waals surface area contributed by atoms with Crippen LogP contribution >= 0.6 is 23.2 Å². The lowest BCUT2D eigenvalue weighted by Gasteiger charge is -2.21. The summed E-state index contributed by atoms with van der Waals surface area (Å²) in [5.41, 5.74) is 3.53. The highest BCUT2D eigenvalue weighted by molar-refractivity contribution is 6.42. The van der Waals surface area contributed by atoms with Crippen molar-refractivity contribution in [2.24, 2.45) is 0 Å². The molecule has 1 amide bonds. The molecular weight excluding hydrogens is 499 g/mol. The summed E-state index contributed by atoms with van der Waals surface area (Å²) in [6, 6.07) is 13.9. The van der Waals surface area contributed by atoms with Crippen LogP contribution in [-0.2, 0) is 24.2 Å². The van der Waals surface area contributed by atoms with Crippen LogP contribution in [0.2, 0.25) is 10.0 Å². The number of nitrogens with one attached hydrogen (secondary N) is 2. The molecule has 0 spiro atoms. The van der Waals surface area contributed by atoms with Crippen LogP contribution in [0, 0.1) is 0 Å². The van der Waals surface area contributed by atoms with Crippen LogP contribution in [0.3, 0.4) is 0 Å². The molecule has 36 heavy (non-hydrogen) atoms. The van der Waals surface area contributed by atoms with E-state index in [-0.39, 0.29) is 17.7 Å². The Labute approximate surface area is 219 Å². The molecule has 2 N–H and O–H groups in total. The van der Waals surface area contributed by atoms with Gasteiger partial charge in [-0.05, 0) is 42.5 Å². The first kappa shape index (κ1) is 24.8. The fourth-order valence-corrected chi connectivity index (χ4v) is 4.90. The number of aromatic nitrogens is 2. The largest absolute Gasteiger partial charge is 0.447 e. The number of para-hydroxylation sites is 1. The number of halogens is 2. The topological polar surface area (TPSA) is 83.4 Å². The molecule has 0 bridgehead atoms. The molecule has 9 heteroatoms. The van der Waals surface area contributed by atoms with E-state index in [9.17, 15) is 4.79 Å². The average Bonchev–Trinajstić information content (AvgIpc) is 3.65. The van der Waals surface area contributed by atoms with Crippen LogP contribution in [0.25, 0.3) is 10.9 Å². The van der Waals surface area contributed by atoms with Crippen LogP contribution in [0.1, 0.15) is 40.3 Å². The van der Waals surface area contributed by atoms with Crippen molar-refractivity contribution in [3.05, 3.63) is 87.7 Å². The van der Waals surface area contributed by atoms with Crippen LogP contribution in [0.5, 0.6) is 0 Å². The van der Waals surface area contributed by atoms with E-state index in [0.717, 1.165) is 43.5 Å². The molecule has 1 aliphatic rings. The van der Waals surface area contributed by atoms with Crippen molar-refractivity contribution in [2.45, 2.75) is 38.5 Å². The summed E-state index contributed by atoms with van der Waals surface area (Å²) in [4.78, 5) is 22.5. The maximum Gasteiger partial charge on any atom is 0.273 e. The zero-order chi connectivity index (χ0) is 24.9. The summed E-state index contributed by atoms with van der Waals surface area (Å²) in [7, 11) is 0. The fraction of sp³-hybridized carbons (Fsp3) is 0.333. The van der Waals surface area contributed by atoms with Gasteiger partial charge in [0.05, 0.1) is 22.7 Å². The first-order valence-corrected chi connectivity index (χ1v) is 12.9. The number of amides is 1. The van der Waals surface area contributed by atoms with E-state index < -0.39 is 0 Å². The van der Waals surface area contributed by atoms with Crippen molar-refractivity contribution in [3.8, 4) is 0 Å². The molecule has 5 rings (SSSR count). The van der Waals surface area contributed by atoms with Crippen LogP contribution in [0.4, 0.5) is 0 Å². The second kappa shape index (κ2) is 11.5. The van der Waals surface area contributed by atoms with E-state index >= 15 is 0 Å². The van der Waals surface area contributed by atoms with Gasteiger partial charge in [0.1, 0.15) is 6.26 Å². The van der Waals surface area contributed by atoms with Gasteiger partial charge in [-0.25, -0.2) is 4.98 Å². The van der Waals surface area contributed by atoms with E-state index in [1.165, 1.54) is 17.2 Å². The monoisotopic (exact) mass is 526 g/mol. The lowest BCUT2D eigenvalue weighted by atomic mass is 10.1. The third-order valence-electron chi connectivity index (χ3n) is 6.46. The van der Waals surface area contributed by atoms with E-state index in [1.54, 1.807) is 6.07 Å². The molecule has 0 aliphatic carbocycles. The Hall–Kier alpha value is -2.84. The van der Waals surface area contributed by atoms with Crippen molar-refractivity contribution in [2.75, 3.05) is 19.7 Å². The molecule has 188 valence electrons. The lowest BCUT2D eigenvalue weighted by molar-refractivity contribution is 0.0853. The highest BCUT2D eigenvalue weighted by atomic mass is 35.5. The number of aromatic amines is 1. The van der Waals surface area contributed by atoms with Crippen molar-refractivity contribution in [1.29, 1.82) is 0 Å². The van der Waals surface area contributed by atoms with Gasteiger partial charge in [0.15, 0.2) is 5.69 Å². The number of carbonyl (C=O) groups is 1. The maximum absolute atomic E-state index is 12.5. The number of carbonyl (C=O) groups excluding carboxylic acids is 1. The number of rotatable bonds is 10. The molecule has 7 nitrogen and oxygen atoms in total. The van der Waals surface area contributed by atoms with Gasteiger partial charge >= 0.3 is 0 Å². The Bertz CT molecular complexity index is 1330. The summed E-state index contributed by atoms with van der Waals surface area (Å²) in [5, 5.41) is 5.15. The molecule has 0 saturated carbocycles. The SMILES string of the molecule is O=C(NCC1CCCO1)c1coc(CN(CCc2c[nH]c3ccccc23)Cc2cccc(Cl)c2Cl)n1. The van der Waals surface area contributed by atoms with E-state index in [4.69, 9.17) is 32.4 Å².